The molecule has 3 rings (SSSR count). The fraction of sp³-hybridized carbons (Fsp3) is 0.350. The van der Waals surface area contributed by atoms with Crippen LogP contribution in [-0.2, 0) is 6.54 Å². The molecule has 0 saturated heterocycles. The van der Waals surface area contributed by atoms with Gasteiger partial charge in [0.05, 0.1) is 17.8 Å². The summed E-state index contributed by atoms with van der Waals surface area (Å²) in [6.45, 7) is 7.99. The Morgan fingerprint density at radius 2 is 1.96 bits per heavy atom. The maximum absolute atomic E-state index is 11.0. The van der Waals surface area contributed by atoms with Crippen molar-refractivity contribution in [3.8, 4) is 5.75 Å². The standard InChI is InChI=1S/C20H23NO3/c1-13(2)19-12-21(17-10-14(3)4-9-18(17)24-19)11-15-5-7-16(8-6-15)20(22)23/h4-10,13,19H,11-12H2,1-3H3,(H,22,23). The smallest absolute Gasteiger partial charge is 0.335 e. The average molecular weight is 325 g/mol. The second kappa shape index (κ2) is 6.56. The van der Waals surface area contributed by atoms with Crippen LogP contribution in [0.4, 0.5) is 5.69 Å². The third kappa shape index (κ3) is 3.37. The van der Waals surface area contributed by atoms with Gasteiger partial charge in [-0.25, -0.2) is 4.79 Å². The van der Waals surface area contributed by atoms with Gasteiger partial charge in [0.1, 0.15) is 11.9 Å². The molecular formula is C20H23NO3. The van der Waals surface area contributed by atoms with Gasteiger partial charge in [-0.3, -0.25) is 0 Å². The van der Waals surface area contributed by atoms with Crippen LogP contribution in [0.5, 0.6) is 5.75 Å². The lowest BCUT2D eigenvalue weighted by molar-refractivity contribution is 0.0697. The van der Waals surface area contributed by atoms with Gasteiger partial charge in [0, 0.05) is 6.54 Å². The van der Waals surface area contributed by atoms with Crippen molar-refractivity contribution < 1.29 is 14.6 Å². The predicted molar refractivity (Wildman–Crippen MR) is 94.9 cm³/mol. The Kier molecular flexibility index (Phi) is 4.47. The second-order valence-electron chi connectivity index (χ2n) is 6.75. The Bertz CT molecular complexity index is 737. The SMILES string of the molecule is Cc1ccc2c(c1)N(Cc1ccc(C(=O)O)cc1)CC(C(C)C)O2. The van der Waals surface area contributed by atoms with Gasteiger partial charge in [-0.15, -0.1) is 0 Å². The van der Waals surface area contributed by atoms with Crippen LogP contribution >= 0.6 is 0 Å². The van der Waals surface area contributed by atoms with Crippen molar-refractivity contribution in [2.24, 2.45) is 5.92 Å². The number of ether oxygens (including phenoxy) is 1. The number of carboxylic acids is 1. The number of hydrogen-bond donors (Lipinski definition) is 1. The van der Waals surface area contributed by atoms with E-state index < -0.39 is 5.97 Å². The van der Waals surface area contributed by atoms with E-state index in [1.807, 2.05) is 18.2 Å². The molecule has 0 radical (unpaired) electrons. The molecule has 1 aliphatic heterocycles. The normalized spacial score (nSPS) is 16.7. The molecule has 1 atom stereocenters. The van der Waals surface area contributed by atoms with E-state index in [0.29, 0.717) is 11.5 Å². The van der Waals surface area contributed by atoms with Crippen LogP contribution in [0.25, 0.3) is 0 Å². The van der Waals surface area contributed by atoms with Gasteiger partial charge < -0.3 is 14.7 Å². The highest BCUT2D eigenvalue weighted by molar-refractivity contribution is 5.87. The van der Waals surface area contributed by atoms with E-state index in [-0.39, 0.29) is 6.10 Å². The largest absolute Gasteiger partial charge is 0.486 e. The molecule has 0 spiro atoms. The summed E-state index contributed by atoms with van der Waals surface area (Å²) >= 11 is 0. The number of carbonyl (C=O) groups is 1. The summed E-state index contributed by atoms with van der Waals surface area (Å²) in [4.78, 5) is 13.3. The molecule has 0 aromatic heterocycles. The number of hydrogen-bond acceptors (Lipinski definition) is 3. The highest BCUT2D eigenvalue weighted by Gasteiger charge is 2.27. The number of rotatable bonds is 4. The van der Waals surface area contributed by atoms with Crippen LogP contribution in [0.3, 0.4) is 0 Å². The molecule has 24 heavy (non-hydrogen) atoms. The molecule has 1 heterocycles. The Morgan fingerprint density at radius 3 is 2.58 bits per heavy atom. The zero-order valence-corrected chi connectivity index (χ0v) is 14.3. The van der Waals surface area contributed by atoms with Crippen LogP contribution in [0.1, 0.15) is 35.3 Å². The predicted octanol–water partition coefficient (Wildman–Crippen LogP) is 4.12. The Morgan fingerprint density at radius 1 is 1.25 bits per heavy atom. The fourth-order valence-corrected chi connectivity index (χ4v) is 2.96. The molecule has 1 aliphatic rings. The van der Waals surface area contributed by atoms with E-state index in [2.05, 4.69) is 37.8 Å². The first-order valence-electron chi connectivity index (χ1n) is 8.28. The summed E-state index contributed by atoms with van der Waals surface area (Å²) in [5.74, 6) is 0.456. The van der Waals surface area contributed by atoms with E-state index in [1.54, 1.807) is 12.1 Å². The van der Waals surface area contributed by atoms with Gasteiger partial charge in [-0.05, 0) is 48.2 Å². The van der Waals surface area contributed by atoms with Crippen molar-refractivity contribution in [3.05, 3.63) is 59.2 Å². The number of anilines is 1. The topological polar surface area (TPSA) is 49.8 Å². The van der Waals surface area contributed by atoms with Crippen molar-refractivity contribution >= 4 is 11.7 Å². The number of benzene rings is 2. The fourth-order valence-electron chi connectivity index (χ4n) is 2.96. The second-order valence-corrected chi connectivity index (χ2v) is 6.75. The molecule has 1 unspecified atom stereocenters. The first-order chi connectivity index (χ1) is 11.4. The van der Waals surface area contributed by atoms with Crippen molar-refractivity contribution in [2.45, 2.75) is 33.4 Å². The van der Waals surface area contributed by atoms with Gasteiger partial charge in [0.15, 0.2) is 0 Å². The van der Waals surface area contributed by atoms with E-state index >= 15 is 0 Å². The first-order valence-corrected chi connectivity index (χ1v) is 8.28. The third-order valence-corrected chi connectivity index (χ3v) is 4.45. The molecule has 1 N–H and O–H groups in total. The molecule has 0 amide bonds. The van der Waals surface area contributed by atoms with Crippen LogP contribution in [0, 0.1) is 12.8 Å². The number of nitrogens with zero attached hydrogens (tertiary/aromatic N) is 1. The van der Waals surface area contributed by atoms with Crippen LogP contribution in [-0.4, -0.2) is 23.7 Å². The van der Waals surface area contributed by atoms with Crippen molar-refractivity contribution in [1.82, 2.24) is 0 Å². The number of carboxylic acid groups (broad SMARTS) is 1. The summed E-state index contributed by atoms with van der Waals surface area (Å²) in [6.07, 6.45) is 0.151. The van der Waals surface area contributed by atoms with E-state index in [4.69, 9.17) is 9.84 Å². The van der Waals surface area contributed by atoms with Crippen molar-refractivity contribution in [2.75, 3.05) is 11.4 Å². The molecule has 0 bridgehead atoms. The summed E-state index contributed by atoms with van der Waals surface area (Å²) in [5, 5.41) is 9.03. The summed E-state index contributed by atoms with van der Waals surface area (Å²) < 4.78 is 6.15. The molecule has 0 fully saturated rings. The minimum absolute atomic E-state index is 0.151. The summed E-state index contributed by atoms with van der Waals surface area (Å²) in [5.41, 5.74) is 3.72. The van der Waals surface area contributed by atoms with Gasteiger partial charge in [0.2, 0.25) is 0 Å². The van der Waals surface area contributed by atoms with Crippen LogP contribution in [0.2, 0.25) is 0 Å². The number of fused-ring (bicyclic) bond motifs is 1. The van der Waals surface area contributed by atoms with Crippen molar-refractivity contribution in [1.29, 1.82) is 0 Å². The van der Waals surface area contributed by atoms with Crippen LogP contribution < -0.4 is 9.64 Å². The quantitative estimate of drug-likeness (QED) is 0.919. The third-order valence-electron chi connectivity index (χ3n) is 4.45. The van der Waals surface area contributed by atoms with Gasteiger partial charge in [-0.1, -0.05) is 32.0 Å². The Hall–Kier alpha value is -2.49. The highest BCUT2D eigenvalue weighted by atomic mass is 16.5. The Labute approximate surface area is 142 Å². The molecule has 4 heteroatoms. The highest BCUT2D eigenvalue weighted by Crippen LogP contribution is 2.36. The van der Waals surface area contributed by atoms with E-state index in [9.17, 15) is 4.79 Å². The maximum Gasteiger partial charge on any atom is 0.335 e. The van der Waals surface area contributed by atoms with Gasteiger partial charge in [0.25, 0.3) is 0 Å². The summed E-state index contributed by atoms with van der Waals surface area (Å²) in [7, 11) is 0. The lowest BCUT2D eigenvalue weighted by Crippen LogP contribution is -2.42. The minimum Gasteiger partial charge on any atom is -0.486 e. The molecule has 4 nitrogen and oxygen atoms in total. The monoisotopic (exact) mass is 325 g/mol. The van der Waals surface area contributed by atoms with E-state index in [1.165, 1.54) is 5.56 Å². The lowest BCUT2D eigenvalue weighted by atomic mass is 10.0. The van der Waals surface area contributed by atoms with Gasteiger partial charge >= 0.3 is 5.97 Å². The number of aromatic carboxylic acids is 1. The Balaban J connectivity index is 1.88. The molecule has 0 aliphatic carbocycles. The van der Waals surface area contributed by atoms with Crippen molar-refractivity contribution in [3.63, 3.8) is 0 Å². The van der Waals surface area contributed by atoms with Gasteiger partial charge in [-0.2, -0.15) is 0 Å². The van der Waals surface area contributed by atoms with Crippen LogP contribution in [0.15, 0.2) is 42.5 Å². The zero-order valence-electron chi connectivity index (χ0n) is 14.3. The van der Waals surface area contributed by atoms with E-state index in [0.717, 1.165) is 30.1 Å². The molecule has 126 valence electrons. The molecular weight excluding hydrogens is 302 g/mol. The maximum atomic E-state index is 11.0. The molecule has 2 aromatic carbocycles. The number of aryl methyl sites for hydroxylation is 1. The average Bonchev–Trinajstić information content (AvgIpc) is 2.55. The molecule has 2 aromatic rings. The zero-order chi connectivity index (χ0) is 17.3. The lowest BCUT2D eigenvalue weighted by Gasteiger charge is -2.38. The minimum atomic E-state index is -0.895. The first kappa shape index (κ1) is 16.4. The molecule has 0 saturated carbocycles. The summed E-state index contributed by atoms with van der Waals surface area (Å²) in [6, 6.07) is 13.4.